The van der Waals surface area contributed by atoms with Gasteiger partial charge in [-0.2, -0.15) is 0 Å². The molecule has 0 saturated heterocycles. The Labute approximate surface area is 143 Å². The first kappa shape index (κ1) is 14.9. The highest BCUT2D eigenvalue weighted by Gasteiger charge is 2.14. The number of carbonyl (C=O) groups is 1. The fourth-order valence-corrected chi connectivity index (χ4v) is 2.43. The molecule has 0 bridgehead atoms. The average molecular weight is 333 g/mol. The molecule has 0 aliphatic heterocycles. The van der Waals surface area contributed by atoms with E-state index in [0.717, 1.165) is 11.4 Å². The molecule has 7 nitrogen and oxygen atoms in total. The van der Waals surface area contributed by atoms with Crippen LogP contribution in [0.5, 0.6) is 0 Å². The summed E-state index contributed by atoms with van der Waals surface area (Å²) in [5.74, 6) is 1.15. The number of para-hydroxylation sites is 1. The lowest BCUT2D eigenvalue weighted by molar-refractivity contribution is 0.102. The van der Waals surface area contributed by atoms with E-state index in [0.29, 0.717) is 23.7 Å². The van der Waals surface area contributed by atoms with Gasteiger partial charge in [0.1, 0.15) is 11.6 Å². The molecule has 7 heteroatoms. The minimum atomic E-state index is -0.269. The number of nitrogens with zero attached hydrogens (tertiary/aromatic N) is 3. The zero-order valence-electron chi connectivity index (χ0n) is 13.2. The highest BCUT2D eigenvalue weighted by atomic mass is 16.3. The Balaban J connectivity index is 1.56. The molecule has 0 unspecified atom stereocenters. The van der Waals surface area contributed by atoms with E-state index in [1.54, 1.807) is 12.3 Å². The van der Waals surface area contributed by atoms with Crippen LogP contribution in [0.15, 0.2) is 71.5 Å². The summed E-state index contributed by atoms with van der Waals surface area (Å²) in [7, 11) is 0. The number of nitrogens with one attached hydrogen (secondary N) is 2. The Morgan fingerprint density at radius 1 is 1.08 bits per heavy atom. The van der Waals surface area contributed by atoms with Crippen LogP contribution in [0.1, 0.15) is 16.2 Å². The summed E-state index contributed by atoms with van der Waals surface area (Å²) in [4.78, 5) is 16.7. The number of imidazole rings is 1. The molecule has 1 aromatic carbocycles. The predicted molar refractivity (Wildman–Crippen MR) is 93.4 cm³/mol. The smallest absolute Gasteiger partial charge is 0.276 e. The molecule has 0 spiro atoms. The standard InChI is InChI=1S/C18H15N5O2/c24-18(21-13-5-2-1-3-6-13)15-12-20-17-9-8-16(22-23(15)17)19-11-14-7-4-10-25-14/h1-10,12H,11H2,(H,19,22)(H,21,24). The number of carbonyl (C=O) groups excluding carboxylic acids is 1. The normalized spacial score (nSPS) is 10.7. The number of fused-ring (bicyclic) bond motifs is 1. The van der Waals surface area contributed by atoms with Gasteiger partial charge in [0, 0.05) is 5.69 Å². The first-order chi connectivity index (χ1) is 12.3. The van der Waals surface area contributed by atoms with E-state index in [-0.39, 0.29) is 5.91 Å². The van der Waals surface area contributed by atoms with Crippen LogP contribution in [0.25, 0.3) is 5.65 Å². The monoisotopic (exact) mass is 333 g/mol. The third kappa shape index (κ3) is 3.20. The number of benzene rings is 1. The summed E-state index contributed by atoms with van der Waals surface area (Å²) in [6.45, 7) is 0.506. The molecule has 25 heavy (non-hydrogen) atoms. The first-order valence-corrected chi connectivity index (χ1v) is 7.77. The van der Waals surface area contributed by atoms with Gasteiger partial charge in [-0.15, -0.1) is 5.10 Å². The third-order valence-electron chi connectivity index (χ3n) is 3.65. The molecule has 0 aliphatic rings. The molecule has 2 N–H and O–H groups in total. The molecule has 0 aliphatic carbocycles. The minimum absolute atomic E-state index is 0.269. The van der Waals surface area contributed by atoms with Gasteiger partial charge in [0.05, 0.1) is 19.0 Å². The predicted octanol–water partition coefficient (Wildman–Crippen LogP) is 3.19. The fraction of sp³-hybridized carbons (Fsp3) is 0.0556. The van der Waals surface area contributed by atoms with Crippen LogP contribution in [-0.2, 0) is 6.54 Å². The molecule has 0 fully saturated rings. The van der Waals surface area contributed by atoms with Crippen molar-refractivity contribution in [1.82, 2.24) is 14.6 Å². The van der Waals surface area contributed by atoms with Gasteiger partial charge in [-0.3, -0.25) is 4.79 Å². The quantitative estimate of drug-likeness (QED) is 0.586. The van der Waals surface area contributed by atoms with Crippen molar-refractivity contribution in [3.63, 3.8) is 0 Å². The van der Waals surface area contributed by atoms with E-state index in [1.807, 2.05) is 48.5 Å². The number of furan rings is 1. The maximum atomic E-state index is 12.5. The van der Waals surface area contributed by atoms with Gasteiger partial charge in [0.15, 0.2) is 11.3 Å². The van der Waals surface area contributed by atoms with E-state index >= 15 is 0 Å². The number of aromatic nitrogens is 3. The second-order valence-corrected chi connectivity index (χ2v) is 5.39. The third-order valence-corrected chi connectivity index (χ3v) is 3.65. The zero-order chi connectivity index (χ0) is 17.1. The molecule has 0 atom stereocenters. The van der Waals surface area contributed by atoms with E-state index in [2.05, 4.69) is 20.7 Å². The topological polar surface area (TPSA) is 84.5 Å². The number of amides is 1. The summed E-state index contributed by atoms with van der Waals surface area (Å²) in [6.07, 6.45) is 3.13. The van der Waals surface area contributed by atoms with Crippen LogP contribution in [0.3, 0.4) is 0 Å². The molecule has 0 radical (unpaired) electrons. The number of hydrogen-bond donors (Lipinski definition) is 2. The lowest BCUT2D eigenvalue weighted by Gasteiger charge is -2.06. The summed E-state index contributed by atoms with van der Waals surface area (Å²) in [6, 6.07) is 16.6. The lowest BCUT2D eigenvalue weighted by Crippen LogP contribution is -2.15. The van der Waals surface area contributed by atoms with E-state index in [1.165, 1.54) is 10.7 Å². The molecule has 4 rings (SSSR count). The molecule has 0 saturated carbocycles. The fourth-order valence-electron chi connectivity index (χ4n) is 2.43. The Morgan fingerprint density at radius 3 is 2.76 bits per heavy atom. The van der Waals surface area contributed by atoms with Crippen molar-refractivity contribution in [2.75, 3.05) is 10.6 Å². The molecule has 1 amide bonds. The maximum Gasteiger partial charge on any atom is 0.276 e. The van der Waals surface area contributed by atoms with Crippen molar-refractivity contribution in [3.05, 3.63) is 78.5 Å². The van der Waals surface area contributed by atoms with E-state index in [4.69, 9.17) is 4.42 Å². The van der Waals surface area contributed by atoms with Gasteiger partial charge in [-0.05, 0) is 36.4 Å². The second kappa shape index (κ2) is 6.48. The van der Waals surface area contributed by atoms with Gasteiger partial charge in [0.2, 0.25) is 0 Å². The summed E-state index contributed by atoms with van der Waals surface area (Å²) < 4.78 is 6.80. The first-order valence-electron chi connectivity index (χ1n) is 7.77. The summed E-state index contributed by atoms with van der Waals surface area (Å²) in [5, 5.41) is 10.4. The molecule has 3 aromatic heterocycles. The van der Waals surface area contributed by atoms with E-state index < -0.39 is 0 Å². The number of rotatable bonds is 5. The number of hydrogen-bond acceptors (Lipinski definition) is 5. The van der Waals surface area contributed by atoms with Gasteiger partial charge in [-0.1, -0.05) is 18.2 Å². The average Bonchev–Trinajstić information content (AvgIpc) is 3.30. The van der Waals surface area contributed by atoms with Gasteiger partial charge < -0.3 is 15.1 Å². The Hall–Kier alpha value is -3.61. The van der Waals surface area contributed by atoms with E-state index in [9.17, 15) is 4.79 Å². The lowest BCUT2D eigenvalue weighted by atomic mass is 10.3. The van der Waals surface area contributed by atoms with Crippen LogP contribution < -0.4 is 10.6 Å². The van der Waals surface area contributed by atoms with Crippen molar-refractivity contribution in [1.29, 1.82) is 0 Å². The Kier molecular flexibility index (Phi) is 3.88. The SMILES string of the molecule is O=C(Nc1ccccc1)c1cnc2ccc(NCc3ccco3)nn12. The molecule has 3 heterocycles. The van der Waals surface area contributed by atoms with Crippen LogP contribution in [0.2, 0.25) is 0 Å². The second-order valence-electron chi connectivity index (χ2n) is 5.39. The Bertz CT molecular complexity index is 993. The zero-order valence-corrected chi connectivity index (χ0v) is 13.2. The summed E-state index contributed by atoms with van der Waals surface area (Å²) in [5.41, 5.74) is 1.68. The highest BCUT2D eigenvalue weighted by molar-refractivity contribution is 6.03. The van der Waals surface area contributed by atoms with Crippen LogP contribution in [-0.4, -0.2) is 20.5 Å². The molecular weight excluding hydrogens is 318 g/mol. The maximum absolute atomic E-state index is 12.5. The van der Waals surface area contributed by atoms with Crippen molar-refractivity contribution in [2.45, 2.75) is 6.54 Å². The Morgan fingerprint density at radius 2 is 1.96 bits per heavy atom. The van der Waals surface area contributed by atoms with Crippen LogP contribution >= 0.6 is 0 Å². The largest absolute Gasteiger partial charge is 0.467 e. The van der Waals surface area contributed by atoms with Crippen molar-refractivity contribution < 1.29 is 9.21 Å². The minimum Gasteiger partial charge on any atom is -0.467 e. The number of anilines is 2. The van der Waals surface area contributed by atoms with Crippen LogP contribution in [0.4, 0.5) is 11.5 Å². The van der Waals surface area contributed by atoms with Crippen molar-refractivity contribution >= 4 is 23.1 Å². The summed E-state index contributed by atoms with van der Waals surface area (Å²) >= 11 is 0. The van der Waals surface area contributed by atoms with Crippen molar-refractivity contribution in [3.8, 4) is 0 Å². The molecule has 124 valence electrons. The van der Waals surface area contributed by atoms with Gasteiger partial charge >= 0.3 is 0 Å². The highest BCUT2D eigenvalue weighted by Crippen LogP contribution is 2.13. The van der Waals surface area contributed by atoms with Crippen LogP contribution in [0, 0.1) is 0 Å². The molecular formula is C18H15N5O2. The molecule has 4 aromatic rings. The van der Waals surface area contributed by atoms with Gasteiger partial charge in [-0.25, -0.2) is 9.50 Å². The van der Waals surface area contributed by atoms with Gasteiger partial charge in [0.25, 0.3) is 5.91 Å². The van der Waals surface area contributed by atoms with Crippen molar-refractivity contribution in [2.24, 2.45) is 0 Å².